The highest BCUT2D eigenvalue weighted by Gasteiger charge is 2.25. The fourth-order valence-electron chi connectivity index (χ4n) is 3.10. The van der Waals surface area contributed by atoms with E-state index in [0.29, 0.717) is 29.7 Å². The molecule has 1 aromatic rings. The molecule has 6 heteroatoms. The second-order valence-electron chi connectivity index (χ2n) is 5.69. The van der Waals surface area contributed by atoms with E-state index in [1.165, 1.54) is 0 Å². The zero-order chi connectivity index (χ0) is 16.8. The zero-order valence-electron chi connectivity index (χ0n) is 14.3. The van der Waals surface area contributed by atoms with Gasteiger partial charge in [0.1, 0.15) is 0 Å². The van der Waals surface area contributed by atoms with Gasteiger partial charge in [-0.1, -0.05) is 18.5 Å². The molecule has 1 unspecified atom stereocenters. The molecule has 1 atom stereocenters. The summed E-state index contributed by atoms with van der Waals surface area (Å²) in [5.74, 6) is 1.27. The number of ether oxygens (including phenoxy) is 2. The van der Waals surface area contributed by atoms with Gasteiger partial charge in [0.25, 0.3) is 0 Å². The molecule has 0 aliphatic carbocycles. The third kappa shape index (κ3) is 4.29. The lowest BCUT2D eigenvalue weighted by molar-refractivity contribution is 0.102. The molecule has 2 N–H and O–H groups in total. The van der Waals surface area contributed by atoms with Crippen LogP contribution in [-0.2, 0) is 0 Å². The second kappa shape index (κ2) is 8.73. The smallest absolute Gasteiger partial charge is 0.179 e. The molecule has 5 nitrogen and oxygen atoms in total. The normalized spacial score (nSPS) is 18.0. The predicted molar refractivity (Wildman–Crippen MR) is 94.7 cm³/mol. The first-order valence-electron chi connectivity index (χ1n) is 8.31. The van der Waals surface area contributed by atoms with Gasteiger partial charge >= 0.3 is 0 Å². The van der Waals surface area contributed by atoms with Crippen LogP contribution in [-0.4, -0.2) is 62.8 Å². The lowest BCUT2D eigenvalue weighted by Gasteiger charge is -2.39. The molecule has 1 saturated heterocycles. The average molecular weight is 342 g/mol. The van der Waals surface area contributed by atoms with Gasteiger partial charge < -0.3 is 20.1 Å². The van der Waals surface area contributed by atoms with Crippen molar-refractivity contribution < 1.29 is 9.47 Å². The van der Waals surface area contributed by atoms with E-state index in [4.69, 9.17) is 26.8 Å². The minimum absolute atomic E-state index is 0.149. The van der Waals surface area contributed by atoms with Gasteiger partial charge in [-0.15, -0.1) is 0 Å². The van der Waals surface area contributed by atoms with E-state index < -0.39 is 0 Å². The van der Waals surface area contributed by atoms with Crippen molar-refractivity contribution in [2.45, 2.75) is 19.9 Å². The molecule has 0 radical (unpaired) electrons. The summed E-state index contributed by atoms with van der Waals surface area (Å²) in [6.07, 6.45) is 0. The molecule has 1 aromatic carbocycles. The first-order chi connectivity index (χ1) is 11.1. The number of piperazine rings is 1. The van der Waals surface area contributed by atoms with Crippen LogP contribution in [0.25, 0.3) is 0 Å². The molecular weight excluding hydrogens is 314 g/mol. The fraction of sp³-hybridized carbons (Fsp3) is 0.647. The molecule has 0 bridgehead atoms. The van der Waals surface area contributed by atoms with Crippen molar-refractivity contribution >= 4 is 11.6 Å². The molecule has 130 valence electrons. The minimum atomic E-state index is 0.149. The Labute approximate surface area is 144 Å². The number of benzene rings is 1. The standard InChI is InChI=1S/C17H28ClN3O2/c1-4-20-6-8-21(9-7-20)15(12-19)13-10-14(18)17(23-5-2)16(11-13)22-3/h10-11,15H,4-9,12,19H2,1-3H3. The van der Waals surface area contributed by atoms with E-state index in [2.05, 4.69) is 16.7 Å². The van der Waals surface area contributed by atoms with Gasteiger partial charge in [-0.25, -0.2) is 0 Å². The third-order valence-corrected chi connectivity index (χ3v) is 4.72. The van der Waals surface area contributed by atoms with Gasteiger partial charge in [-0.3, -0.25) is 4.90 Å². The van der Waals surface area contributed by atoms with E-state index in [0.717, 1.165) is 38.3 Å². The zero-order valence-corrected chi connectivity index (χ0v) is 15.1. The summed E-state index contributed by atoms with van der Waals surface area (Å²) in [7, 11) is 1.63. The van der Waals surface area contributed by atoms with Crippen LogP contribution in [0, 0.1) is 0 Å². The first kappa shape index (κ1) is 18.3. The number of nitrogens with zero attached hydrogens (tertiary/aromatic N) is 2. The van der Waals surface area contributed by atoms with Crippen LogP contribution in [0.3, 0.4) is 0 Å². The van der Waals surface area contributed by atoms with Crippen LogP contribution in [0.4, 0.5) is 0 Å². The van der Waals surface area contributed by atoms with Gasteiger partial charge in [0.05, 0.1) is 18.7 Å². The second-order valence-corrected chi connectivity index (χ2v) is 6.10. The number of rotatable bonds is 7. The van der Waals surface area contributed by atoms with E-state index in [1.54, 1.807) is 7.11 Å². The highest BCUT2D eigenvalue weighted by Crippen LogP contribution is 2.39. The van der Waals surface area contributed by atoms with E-state index >= 15 is 0 Å². The van der Waals surface area contributed by atoms with Gasteiger partial charge in [0.15, 0.2) is 11.5 Å². The maximum Gasteiger partial charge on any atom is 0.179 e. The fourth-order valence-corrected chi connectivity index (χ4v) is 3.38. The maximum atomic E-state index is 6.41. The maximum absolute atomic E-state index is 6.41. The van der Waals surface area contributed by atoms with Crippen molar-refractivity contribution in [2.75, 3.05) is 53.0 Å². The predicted octanol–water partition coefficient (Wildman–Crippen LogP) is 2.38. The highest BCUT2D eigenvalue weighted by atomic mass is 35.5. The molecule has 2 rings (SSSR count). The van der Waals surface area contributed by atoms with Crippen LogP contribution < -0.4 is 15.2 Å². The SMILES string of the molecule is CCOc1c(Cl)cc(C(CN)N2CCN(CC)CC2)cc1OC. The lowest BCUT2D eigenvalue weighted by atomic mass is 10.0. The van der Waals surface area contributed by atoms with E-state index in [9.17, 15) is 0 Å². The average Bonchev–Trinajstić information content (AvgIpc) is 2.58. The Bertz CT molecular complexity index is 505. The Kier molecular flexibility index (Phi) is 6.96. The van der Waals surface area contributed by atoms with Gasteiger partial charge in [0, 0.05) is 38.8 Å². The number of likely N-dealkylation sites (N-methyl/N-ethyl adjacent to an activating group) is 1. The van der Waals surface area contributed by atoms with Crippen molar-refractivity contribution in [3.8, 4) is 11.5 Å². The van der Waals surface area contributed by atoms with Gasteiger partial charge in [0.2, 0.25) is 0 Å². The van der Waals surface area contributed by atoms with Gasteiger partial charge in [-0.05, 0) is 31.2 Å². The molecule has 0 saturated carbocycles. The summed E-state index contributed by atoms with van der Waals surface area (Å²) in [5, 5.41) is 0.576. The third-order valence-electron chi connectivity index (χ3n) is 4.44. The Hall–Kier alpha value is -1.01. The molecular formula is C17H28ClN3O2. The summed E-state index contributed by atoms with van der Waals surface area (Å²) in [4.78, 5) is 4.88. The van der Waals surface area contributed by atoms with Crippen LogP contribution in [0.15, 0.2) is 12.1 Å². The van der Waals surface area contributed by atoms with E-state index in [-0.39, 0.29) is 6.04 Å². The van der Waals surface area contributed by atoms with Crippen molar-refractivity contribution in [2.24, 2.45) is 5.73 Å². The van der Waals surface area contributed by atoms with Crippen LogP contribution in [0.5, 0.6) is 11.5 Å². The molecule has 1 aliphatic rings. The van der Waals surface area contributed by atoms with Crippen LogP contribution >= 0.6 is 11.6 Å². The van der Waals surface area contributed by atoms with Gasteiger partial charge in [-0.2, -0.15) is 0 Å². The molecule has 0 spiro atoms. The van der Waals surface area contributed by atoms with E-state index in [1.807, 2.05) is 19.1 Å². The Morgan fingerprint density at radius 3 is 2.43 bits per heavy atom. The molecule has 1 fully saturated rings. The van der Waals surface area contributed by atoms with Crippen molar-refractivity contribution in [1.29, 1.82) is 0 Å². The van der Waals surface area contributed by atoms with Crippen LogP contribution in [0.2, 0.25) is 5.02 Å². The number of halogens is 1. The summed E-state index contributed by atoms with van der Waals surface area (Å²) >= 11 is 6.41. The van der Waals surface area contributed by atoms with Crippen molar-refractivity contribution in [3.63, 3.8) is 0 Å². The first-order valence-corrected chi connectivity index (χ1v) is 8.69. The number of hydrogen-bond donors (Lipinski definition) is 1. The summed E-state index contributed by atoms with van der Waals surface area (Å²) in [5.41, 5.74) is 7.16. The quantitative estimate of drug-likeness (QED) is 0.825. The summed E-state index contributed by atoms with van der Waals surface area (Å²) < 4.78 is 11.1. The molecule has 0 amide bonds. The van der Waals surface area contributed by atoms with Crippen LogP contribution in [0.1, 0.15) is 25.5 Å². The summed E-state index contributed by atoms with van der Waals surface area (Å²) in [6, 6.07) is 4.11. The van der Waals surface area contributed by atoms with Crippen molar-refractivity contribution in [1.82, 2.24) is 9.80 Å². The highest BCUT2D eigenvalue weighted by molar-refractivity contribution is 6.32. The number of hydrogen-bond acceptors (Lipinski definition) is 5. The topological polar surface area (TPSA) is 51.0 Å². The Balaban J connectivity index is 2.22. The monoisotopic (exact) mass is 341 g/mol. The summed E-state index contributed by atoms with van der Waals surface area (Å²) in [6.45, 7) is 10.5. The minimum Gasteiger partial charge on any atom is -0.493 e. The molecule has 1 heterocycles. The number of methoxy groups -OCH3 is 1. The largest absolute Gasteiger partial charge is 0.493 e. The Morgan fingerprint density at radius 2 is 1.91 bits per heavy atom. The van der Waals surface area contributed by atoms with Crippen molar-refractivity contribution in [3.05, 3.63) is 22.7 Å². The number of nitrogens with two attached hydrogens (primary N) is 1. The lowest BCUT2D eigenvalue weighted by Crippen LogP contribution is -2.48. The Morgan fingerprint density at radius 1 is 1.22 bits per heavy atom. The molecule has 0 aromatic heterocycles. The molecule has 1 aliphatic heterocycles. The molecule has 23 heavy (non-hydrogen) atoms.